The number of nitrogens with zero attached hydrogens (tertiary/aromatic N) is 2. The maximum Gasteiger partial charge on any atom is 0.192 e. The molecular formula is C20H39BrN2O2Si2. The Bertz CT molecular complexity index is 620. The van der Waals surface area contributed by atoms with Gasteiger partial charge in [-0.1, -0.05) is 40.4 Å². The minimum Gasteiger partial charge on any atom is -0.414 e. The van der Waals surface area contributed by atoms with Gasteiger partial charge in [-0.3, -0.25) is 0 Å². The number of halogens is 1. The lowest BCUT2D eigenvalue weighted by Crippen LogP contribution is -2.43. The van der Waals surface area contributed by atoms with Crippen LogP contribution < -0.4 is 0 Å². The van der Waals surface area contributed by atoms with E-state index in [2.05, 4.69) is 80.6 Å². The zero-order valence-corrected chi connectivity index (χ0v) is 22.1. The first-order valence-corrected chi connectivity index (χ1v) is 17.7. The molecule has 156 valence electrons. The summed E-state index contributed by atoms with van der Waals surface area (Å²) in [6.07, 6.45) is 3.80. The van der Waals surface area contributed by atoms with Gasteiger partial charge in [0.25, 0.3) is 0 Å². The number of hydrogen-bond donors (Lipinski definition) is 0. The Labute approximate surface area is 176 Å². The largest absolute Gasteiger partial charge is 0.414 e. The molecule has 1 fully saturated rings. The molecule has 1 saturated carbocycles. The SMILES string of the molecule is CC(C)(C)[Si](C)(C)OC1CCC(c2cc(Br)nn2COCC[Si](C)(C)C)C1. The molecule has 0 N–H and O–H groups in total. The summed E-state index contributed by atoms with van der Waals surface area (Å²) in [7, 11) is -2.76. The van der Waals surface area contributed by atoms with Crippen LogP contribution in [0.5, 0.6) is 0 Å². The van der Waals surface area contributed by atoms with Crippen LogP contribution in [0.3, 0.4) is 0 Å². The molecule has 2 rings (SSSR count). The molecule has 0 aromatic carbocycles. The molecule has 7 heteroatoms. The minimum atomic E-state index is -1.71. The van der Waals surface area contributed by atoms with E-state index in [-0.39, 0.29) is 5.04 Å². The first-order valence-electron chi connectivity index (χ1n) is 10.3. The third-order valence-electron chi connectivity index (χ3n) is 6.06. The average Bonchev–Trinajstić information content (AvgIpc) is 3.07. The molecule has 1 aliphatic carbocycles. The molecular weight excluding hydrogens is 436 g/mol. The molecule has 1 aliphatic rings. The van der Waals surface area contributed by atoms with Crippen molar-refractivity contribution in [2.75, 3.05) is 6.61 Å². The molecule has 2 unspecified atom stereocenters. The normalized spacial score (nSPS) is 21.8. The summed E-state index contributed by atoms with van der Waals surface area (Å²) >= 11 is 3.56. The molecule has 1 aromatic heterocycles. The van der Waals surface area contributed by atoms with Crippen LogP contribution >= 0.6 is 15.9 Å². The average molecular weight is 476 g/mol. The third-order valence-corrected chi connectivity index (χ3v) is 12.7. The fourth-order valence-electron chi connectivity index (χ4n) is 3.27. The van der Waals surface area contributed by atoms with Crippen molar-refractivity contribution in [2.24, 2.45) is 0 Å². The van der Waals surface area contributed by atoms with Crippen LogP contribution in [0.15, 0.2) is 10.7 Å². The van der Waals surface area contributed by atoms with E-state index in [9.17, 15) is 0 Å². The number of hydrogen-bond acceptors (Lipinski definition) is 3. The van der Waals surface area contributed by atoms with Crippen molar-refractivity contribution in [3.8, 4) is 0 Å². The van der Waals surface area contributed by atoms with Gasteiger partial charge in [0.2, 0.25) is 0 Å². The second-order valence-corrected chi connectivity index (χ2v) is 21.9. The van der Waals surface area contributed by atoms with Gasteiger partial charge >= 0.3 is 0 Å². The Balaban J connectivity index is 1.95. The highest BCUT2D eigenvalue weighted by molar-refractivity contribution is 9.10. The van der Waals surface area contributed by atoms with Gasteiger partial charge in [-0.25, -0.2) is 4.68 Å². The van der Waals surface area contributed by atoms with E-state index in [1.165, 1.54) is 18.2 Å². The van der Waals surface area contributed by atoms with Crippen LogP contribution in [0.25, 0.3) is 0 Å². The zero-order chi connectivity index (χ0) is 20.5. The lowest BCUT2D eigenvalue weighted by Gasteiger charge is -2.38. The van der Waals surface area contributed by atoms with E-state index in [4.69, 9.17) is 9.16 Å². The topological polar surface area (TPSA) is 36.3 Å². The summed E-state index contributed by atoms with van der Waals surface area (Å²) in [5.74, 6) is 0.513. The summed E-state index contributed by atoms with van der Waals surface area (Å²) in [6, 6.07) is 3.36. The van der Waals surface area contributed by atoms with Gasteiger partial charge in [-0.2, -0.15) is 5.10 Å². The molecule has 2 atom stereocenters. The highest BCUT2D eigenvalue weighted by Gasteiger charge is 2.41. The van der Waals surface area contributed by atoms with Crippen molar-refractivity contribution < 1.29 is 9.16 Å². The predicted octanol–water partition coefficient (Wildman–Crippen LogP) is 6.62. The summed E-state index contributed by atoms with van der Waals surface area (Å²) in [5, 5.41) is 4.88. The molecule has 0 spiro atoms. The van der Waals surface area contributed by atoms with Crippen LogP contribution in [-0.2, 0) is 15.9 Å². The Kier molecular flexibility index (Phi) is 7.62. The van der Waals surface area contributed by atoms with Crippen molar-refractivity contribution in [3.63, 3.8) is 0 Å². The monoisotopic (exact) mass is 474 g/mol. The summed E-state index contributed by atoms with van der Waals surface area (Å²) in [4.78, 5) is 0. The molecule has 27 heavy (non-hydrogen) atoms. The highest BCUT2D eigenvalue weighted by Crippen LogP contribution is 2.42. The van der Waals surface area contributed by atoms with Gasteiger partial charge in [0.05, 0.1) is 0 Å². The fraction of sp³-hybridized carbons (Fsp3) is 0.850. The van der Waals surface area contributed by atoms with Crippen molar-refractivity contribution in [3.05, 3.63) is 16.4 Å². The molecule has 4 nitrogen and oxygen atoms in total. The zero-order valence-electron chi connectivity index (χ0n) is 18.6. The van der Waals surface area contributed by atoms with Gasteiger partial charge in [0.1, 0.15) is 11.3 Å². The number of aromatic nitrogens is 2. The van der Waals surface area contributed by atoms with Crippen LogP contribution in [0.1, 0.15) is 51.6 Å². The molecule has 0 radical (unpaired) electrons. The van der Waals surface area contributed by atoms with Crippen LogP contribution in [0.2, 0.25) is 43.8 Å². The van der Waals surface area contributed by atoms with Crippen molar-refractivity contribution in [1.29, 1.82) is 0 Å². The highest BCUT2D eigenvalue weighted by atomic mass is 79.9. The lowest BCUT2D eigenvalue weighted by molar-refractivity contribution is 0.0752. The first kappa shape index (κ1) is 23.3. The minimum absolute atomic E-state index is 0.264. The van der Waals surface area contributed by atoms with Gasteiger partial charge in [-0.15, -0.1) is 0 Å². The van der Waals surface area contributed by atoms with Gasteiger partial charge < -0.3 is 9.16 Å². The maximum atomic E-state index is 6.67. The number of ether oxygens (including phenoxy) is 1. The summed E-state index contributed by atoms with van der Waals surface area (Å²) in [6.45, 7) is 20.2. The van der Waals surface area contributed by atoms with E-state index in [0.717, 1.165) is 24.1 Å². The standard InChI is InChI=1S/C20H39BrN2O2Si2/c1-20(2,3)27(7,8)25-17-10-9-16(13-17)18-14-19(21)22-23(18)15-24-11-12-26(4,5)6/h14,16-17H,9-13,15H2,1-8H3. The maximum absolute atomic E-state index is 6.67. The van der Waals surface area contributed by atoms with E-state index in [1.54, 1.807) is 0 Å². The fourth-order valence-corrected chi connectivity index (χ4v) is 5.85. The Morgan fingerprint density at radius 3 is 2.44 bits per heavy atom. The van der Waals surface area contributed by atoms with Gasteiger partial charge in [0, 0.05) is 32.4 Å². The third kappa shape index (κ3) is 6.80. The second kappa shape index (κ2) is 8.82. The van der Waals surface area contributed by atoms with E-state index >= 15 is 0 Å². The lowest BCUT2D eigenvalue weighted by atomic mass is 10.0. The molecule has 0 bridgehead atoms. The van der Waals surface area contributed by atoms with Crippen LogP contribution in [0.4, 0.5) is 0 Å². The van der Waals surface area contributed by atoms with Gasteiger partial charge in [-0.05, 0) is 65.4 Å². The number of rotatable bonds is 8. The Morgan fingerprint density at radius 1 is 1.19 bits per heavy atom. The van der Waals surface area contributed by atoms with Gasteiger partial charge in [0.15, 0.2) is 8.32 Å². The summed E-state index contributed by atoms with van der Waals surface area (Å²) < 4.78 is 15.6. The molecule has 0 amide bonds. The summed E-state index contributed by atoms with van der Waals surface area (Å²) in [5.41, 5.74) is 1.29. The van der Waals surface area contributed by atoms with E-state index in [0.29, 0.717) is 18.8 Å². The smallest absolute Gasteiger partial charge is 0.192 e. The van der Waals surface area contributed by atoms with Crippen LogP contribution in [0, 0.1) is 0 Å². The van der Waals surface area contributed by atoms with Crippen molar-refractivity contribution in [1.82, 2.24) is 9.78 Å². The molecule has 1 heterocycles. The second-order valence-electron chi connectivity index (χ2n) is 10.7. The quantitative estimate of drug-likeness (QED) is 0.313. The van der Waals surface area contributed by atoms with Crippen molar-refractivity contribution in [2.45, 2.75) is 103 Å². The molecule has 0 saturated heterocycles. The molecule has 1 aromatic rings. The van der Waals surface area contributed by atoms with Crippen molar-refractivity contribution >= 4 is 32.3 Å². The van der Waals surface area contributed by atoms with E-state index < -0.39 is 16.4 Å². The molecule has 0 aliphatic heterocycles. The Morgan fingerprint density at radius 2 is 1.85 bits per heavy atom. The van der Waals surface area contributed by atoms with Crippen LogP contribution in [-0.4, -0.2) is 38.9 Å². The predicted molar refractivity (Wildman–Crippen MR) is 123 cm³/mol. The first-order chi connectivity index (χ1) is 12.3. The van der Waals surface area contributed by atoms with E-state index in [1.807, 2.05) is 4.68 Å². The Hall–Kier alpha value is 0.0438.